The molecule has 0 amide bonds. The quantitative estimate of drug-likeness (QED) is 0.617. The molecule has 0 aliphatic rings. The SMILES string of the molecule is CCc1ccc(CF)cc1F. The van der Waals surface area contributed by atoms with Crippen LogP contribution in [0.1, 0.15) is 18.1 Å². The van der Waals surface area contributed by atoms with Crippen molar-refractivity contribution in [2.45, 2.75) is 20.0 Å². The Morgan fingerprint density at radius 2 is 2.09 bits per heavy atom. The molecule has 0 N–H and O–H groups in total. The Kier molecular flexibility index (Phi) is 2.58. The van der Waals surface area contributed by atoms with E-state index in [2.05, 4.69) is 0 Å². The molecule has 0 spiro atoms. The molecule has 0 atom stereocenters. The minimum atomic E-state index is -0.596. The van der Waals surface area contributed by atoms with Crippen LogP contribution >= 0.6 is 0 Å². The van der Waals surface area contributed by atoms with Gasteiger partial charge in [-0.2, -0.15) is 0 Å². The molecule has 0 aliphatic carbocycles. The topological polar surface area (TPSA) is 0 Å². The van der Waals surface area contributed by atoms with Gasteiger partial charge < -0.3 is 0 Å². The lowest BCUT2D eigenvalue weighted by Crippen LogP contribution is -1.89. The third-order valence-corrected chi connectivity index (χ3v) is 1.65. The Bertz CT molecular complexity index is 243. The monoisotopic (exact) mass is 156 g/mol. The Balaban J connectivity index is 2.99. The van der Waals surface area contributed by atoms with E-state index >= 15 is 0 Å². The fourth-order valence-corrected chi connectivity index (χ4v) is 0.961. The summed E-state index contributed by atoms with van der Waals surface area (Å²) in [4.78, 5) is 0. The summed E-state index contributed by atoms with van der Waals surface area (Å²) in [6.07, 6.45) is 0.651. The number of halogens is 2. The summed E-state index contributed by atoms with van der Waals surface area (Å²) >= 11 is 0. The summed E-state index contributed by atoms with van der Waals surface area (Å²) in [6.45, 7) is 1.27. The van der Waals surface area contributed by atoms with Crippen LogP contribution in [0.4, 0.5) is 8.78 Å². The normalized spacial score (nSPS) is 10.1. The lowest BCUT2D eigenvalue weighted by atomic mass is 10.1. The van der Waals surface area contributed by atoms with Gasteiger partial charge in [-0.3, -0.25) is 0 Å². The van der Waals surface area contributed by atoms with Crippen LogP contribution < -0.4 is 0 Å². The molecule has 2 heteroatoms. The van der Waals surface area contributed by atoms with Gasteiger partial charge in [0, 0.05) is 0 Å². The maximum absolute atomic E-state index is 12.9. The van der Waals surface area contributed by atoms with Crippen molar-refractivity contribution in [1.82, 2.24) is 0 Å². The Hall–Kier alpha value is -0.920. The molecule has 0 nitrogen and oxygen atoms in total. The van der Waals surface area contributed by atoms with Crippen molar-refractivity contribution in [1.29, 1.82) is 0 Å². The maximum atomic E-state index is 12.9. The van der Waals surface area contributed by atoms with Crippen molar-refractivity contribution in [2.75, 3.05) is 0 Å². The van der Waals surface area contributed by atoms with Gasteiger partial charge >= 0.3 is 0 Å². The minimum absolute atomic E-state index is 0.303. The van der Waals surface area contributed by atoms with E-state index in [4.69, 9.17) is 0 Å². The van der Waals surface area contributed by atoms with Gasteiger partial charge in [-0.05, 0) is 23.6 Å². The number of benzene rings is 1. The highest BCUT2D eigenvalue weighted by Crippen LogP contribution is 2.11. The van der Waals surface area contributed by atoms with Crippen molar-refractivity contribution in [3.8, 4) is 0 Å². The Labute approximate surface area is 64.9 Å². The van der Waals surface area contributed by atoms with Crippen LogP contribution in [0.15, 0.2) is 18.2 Å². The van der Waals surface area contributed by atoms with Gasteiger partial charge in [-0.1, -0.05) is 19.1 Å². The lowest BCUT2D eigenvalue weighted by molar-refractivity contribution is 0.482. The van der Waals surface area contributed by atoms with Crippen LogP contribution in [-0.4, -0.2) is 0 Å². The summed E-state index contributed by atoms with van der Waals surface area (Å²) in [5.41, 5.74) is 1.04. The highest BCUT2D eigenvalue weighted by molar-refractivity contribution is 5.23. The van der Waals surface area contributed by atoms with E-state index in [9.17, 15) is 8.78 Å². The van der Waals surface area contributed by atoms with Crippen molar-refractivity contribution < 1.29 is 8.78 Å². The molecule has 0 unspecified atom stereocenters. The molecule has 0 radical (unpaired) electrons. The summed E-state index contributed by atoms with van der Waals surface area (Å²) < 4.78 is 24.8. The molecule has 0 aliphatic heterocycles. The predicted octanol–water partition coefficient (Wildman–Crippen LogP) is 2.86. The Morgan fingerprint density at radius 3 is 2.55 bits per heavy atom. The summed E-state index contributed by atoms with van der Waals surface area (Å²) in [7, 11) is 0. The zero-order chi connectivity index (χ0) is 8.27. The zero-order valence-electron chi connectivity index (χ0n) is 6.40. The first-order chi connectivity index (χ1) is 5.27. The van der Waals surface area contributed by atoms with E-state index in [1.165, 1.54) is 6.07 Å². The van der Waals surface area contributed by atoms with Gasteiger partial charge in [0.15, 0.2) is 0 Å². The van der Waals surface area contributed by atoms with Crippen molar-refractivity contribution in [3.63, 3.8) is 0 Å². The standard InChI is InChI=1S/C9H10F2/c1-2-8-4-3-7(6-10)5-9(8)11/h3-5H,2,6H2,1H3. The molecule has 0 saturated carbocycles. The van der Waals surface area contributed by atoms with Crippen molar-refractivity contribution in [3.05, 3.63) is 35.1 Å². The average Bonchev–Trinajstić information content (AvgIpc) is 2.04. The van der Waals surface area contributed by atoms with Gasteiger partial charge in [0.25, 0.3) is 0 Å². The first-order valence-corrected chi connectivity index (χ1v) is 3.61. The van der Waals surface area contributed by atoms with Gasteiger partial charge in [0.05, 0.1) is 0 Å². The molecule has 0 fully saturated rings. The van der Waals surface area contributed by atoms with Crippen molar-refractivity contribution >= 4 is 0 Å². The molecule has 0 saturated heterocycles. The largest absolute Gasteiger partial charge is 0.246 e. The molecular formula is C9H10F2. The second-order valence-corrected chi connectivity index (χ2v) is 2.41. The molecule has 1 aromatic carbocycles. The van der Waals surface area contributed by atoms with Crippen LogP contribution in [0.25, 0.3) is 0 Å². The smallest absolute Gasteiger partial charge is 0.126 e. The highest BCUT2D eigenvalue weighted by atomic mass is 19.1. The van der Waals surface area contributed by atoms with E-state index in [1.807, 2.05) is 6.92 Å². The van der Waals surface area contributed by atoms with E-state index in [0.717, 1.165) is 0 Å². The fraction of sp³-hybridized carbons (Fsp3) is 0.333. The number of alkyl halides is 1. The number of hydrogen-bond donors (Lipinski definition) is 0. The minimum Gasteiger partial charge on any atom is -0.246 e. The van der Waals surface area contributed by atoms with Gasteiger partial charge in [-0.15, -0.1) is 0 Å². The van der Waals surface area contributed by atoms with E-state index in [-0.39, 0.29) is 5.82 Å². The van der Waals surface area contributed by atoms with Crippen LogP contribution in [-0.2, 0) is 13.1 Å². The second kappa shape index (κ2) is 3.46. The van der Waals surface area contributed by atoms with Gasteiger partial charge in [-0.25, -0.2) is 8.78 Å². The van der Waals surface area contributed by atoms with Crippen molar-refractivity contribution in [2.24, 2.45) is 0 Å². The predicted molar refractivity (Wildman–Crippen MR) is 40.6 cm³/mol. The Morgan fingerprint density at radius 1 is 1.36 bits per heavy atom. The van der Waals surface area contributed by atoms with E-state index < -0.39 is 6.67 Å². The first-order valence-electron chi connectivity index (χ1n) is 3.61. The van der Waals surface area contributed by atoms with E-state index in [1.54, 1.807) is 12.1 Å². The number of hydrogen-bond acceptors (Lipinski definition) is 0. The molecule has 60 valence electrons. The summed E-state index contributed by atoms with van der Waals surface area (Å²) in [5.74, 6) is -0.303. The molecule has 0 aromatic heterocycles. The van der Waals surface area contributed by atoms with Gasteiger partial charge in [0.1, 0.15) is 12.5 Å². The molecule has 0 bridgehead atoms. The van der Waals surface area contributed by atoms with Crippen LogP contribution in [0.2, 0.25) is 0 Å². The zero-order valence-corrected chi connectivity index (χ0v) is 6.40. The lowest BCUT2D eigenvalue weighted by Gasteiger charge is -1.99. The van der Waals surface area contributed by atoms with Gasteiger partial charge in [0.2, 0.25) is 0 Å². The number of rotatable bonds is 2. The molecular weight excluding hydrogens is 146 g/mol. The number of aryl methyl sites for hydroxylation is 1. The molecule has 0 heterocycles. The highest BCUT2D eigenvalue weighted by Gasteiger charge is 2.00. The third kappa shape index (κ3) is 1.76. The summed E-state index contributed by atoms with van der Waals surface area (Å²) in [6, 6.07) is 4.49. The molecule has 1 aromatic rings. The molecule has 1 rings (SSSR count). The third-order valence-electron chi connectivity index (χ3n) is 1.65. The first kappa shape index (κ1) is 8.18. The molecule has 11 heavy (non-hydrogen) atoms. The maximum Gasteiger partial charge on any atom is 0.126 e. The van der Waals surface area contributed by atoms with Crippen LogP contribution in [0.5, 0.6) is 0 Å². The van der Waals surface area contributed by atoms with Crippen LogP contribution in [0.3, 0.4) is 0 Å². The van der Waals surface area contributed by atoms with Crippen LogP contribution in [0, 0.1) is 5.82 Å². The summed E-state index contributed by atoms with van der Waals surface area (Å²) in [5, 5.41) is 0. The average molecular weight is 156 g/mol. The fourth-order valence-electron chi connectivity index (χ4n) is 0.961. The second-order valence-electron chi connectivity index (χ2n) is 2.41. The van der Waals surface area contributed by atoms with E-state index in [0.29, 0.717) is 17.5 Å².